The monoisotopic (exact) mass is 383 g/mol. The van der Waals surface area contributed by atoms with Gasteiger partial charge in [0.25, 0.3) is 5.91 Å². The van der Waals surface area contributed by atoms with Gasteiger partial charge in [-0.1, -0.05) is 23.7 Å². The lowest BCUT2D eigenvalue weighted by atomic mass is 10.2. The average molecular weight is 384 g/mol. The molecule has 0 fully saturated rings. The third kappa shape index (κ3) is 4.38. The number of amides is 1. The molecule has 1 heterocycles. The number of halogens is 6. The third-order valence-electron chi connectivity index (χ3n) is 2.94. The van der Waals surface area contributed by atoms with Crippen LogP contribution in [0.5, 0.6) is 5.75 Å². The van der Waals surface area contributed by atoms with E-state index in [-0.39, 0.29) is 16.9 Å². The van der Waals surface area contributed by atoms with Crippen molar-refractivity contribution in [3.05, 3.63) is 41.7 Å². The van der Waals surface area contributed by atoms with Gasteiger partial charge in [0.1, 0.15) is 11.4 Å². The minimum Gasteiger partial charge on any atom is -0.426 e. The molecule has 1 aromatic heterocycles. The molecule has 1 N–H and O–H groups in total. The first-order valence-electron chi connectivity index (χ1n) is 6.69. The normalized spacial score (nSPS) is 13.0. The molecule has 0 saturated heterocycles. The maximum Gasteiger partial charge on any atom is 0.461 e. The first kappa shape index (κ1) is 19.0. The molecule has 1 aromatic carbocycles. The number of nitrogens with one attached hydrogen (secondary N) is 1. The Balaban J connectivity index is 2.28. The van der Waals surface area contributed by atoms with Crippen LogP contribution in [0.25, 0.3) is 0 Å². The van der Waals surface area contributed by atoms with Crippen molar-refractivity contribution in [1.29, 1.82) is 0 Å². The van der Waals surface area contributed by atoms with Crippen LogP contribution in [0.3, 0.4) is 0 Å². The lowest BCUT2D eigenvalue weighted by Crippen LogP contribution is -2.33. The predicted octanol–water partition coefficient (Wildman–Crippen LogP) is 4.12. The van der Waals surface area contributed by atoms with E-state index in [0.29, 0.717) is 0 Å². The van der Waals surface area contributed by atoms with Crippen LogP contribution < -0.4 is 10.1 Å². The maximum absolute atomic E-state index is 13.3. The zero-order valence-corrected chi connectivity index (χ0v) is 13.3. The van der Waals surface area contributed by atoms with Crippen LogP contribution in [-0.2, 0) is 7.05 Å². The number of para-hydroxylation sites is 2. The number of carbonyl (C=O) groups excluding carboxylic acids is 1. The van der Waals surface area contributed by atoms with Crippen LogP contribution in [0.2, 0.25) is 0 Å². The quantitative estimate of drug-likeness (QED) is 0.603. The number of hydrogen-bond donors (Lipinski definition) is 1. The number of hydrogen-bond acceptors (Lipinski definition) is 3. The topological polar surface area (TPSA) is 56.2 Å². The van der Waals surface area contributed by atoms with Crippen LogP contribution in [0.15, 0.2) is 30.5 Å². The summed E-state index contributed by atoms with van der Waals surface area (Å²) in [5.74, 6) is -1.61. The van der Waals surface area contributed by atoms with Crippen LogP contribution in [0.1, 0.15) is 21.7 Å². The largest absolute Gasteiger partial charge is 0.461 e. The van der Waals surface area contributed by atoms with Crippen LogP contribution in [0, 0.1) is 0 Å². The lowest BCUT2D eigenvalue weighted by molar-refractivity contribution is -0.252. The van der Waals surface area contributed by atoms with E-state index < -0.39 is 29.8 Å². The minimum atomic E-state index is -4.75. The molecular formula is C14H11ClF5N3O2. The van der Waals surface area contributed by atoms with Gasteiger partial charge in [-0.3, -0.25) is 9.48 Å². The van der Waals surface area contributed by atoms with E-state index >= 15 is 0 Å². The Bertz CT molecular complexity index is 767. The standard InChI is InChI=1S/C14H11ClF5N3O2/c1-23-6-7(10(22-23)11(15)16)12(24)21-8-4-2-3-5-9(8)25-14(19,20)13(17)18/h2-6,11,13H,1H3,(H,21,24). The smallest absolute Gasteiger partial charge is 0.426 e. The van der Waals surface area contributed by atoms with E-state index in [0.717, 1.165) is 23.0 Å². The summed E-state index contributed by atoms with van der Waals surface area (Å²) in [5.41, 5.74) is -3.01. The molecule has 1 amide bonds. The molecule has 25 heavy (non-hydrogen) atoms. The summed E-state index contributed by atoms with van der Waals surface area (Å²) in [5, 5.41) is 5.85. The summed E-state index contributed by atoms with van der Waals surface area (Å²) >= 11 is 5.29. The number of ether oxygens (including phenoxy) is 1. The molecule has 2 rings (SSSR count). The fraction of sp³-hybridized carbons (Fsp3) is 0.286. The Kier molecular flexibility index (Phi) is 5.51. The van der Waals surface area contributed by atoms with Crippen LogP contribution in [0.4, 0.5) is 27.6 Å². The van der Waals surface area contributed by atoms with E-state index in [1.54, 1.807) is 0 Å². The number of aromatic nitrogens is 2. The molecule has 0 saturated carbocycles. The van der Waals surface area contributed by atoms with Crippen molar-refractivity contribution in [1.82, 2.24) is 9.78 Å². The summed E-state index contributed by atoms with van der Waals surface area (Å²) in [7, 11) is 1.42. The summed E-state index contributed by atoms with van der Waals surface area (Å²) in [6.07, 6.45) is -7.65. The van der Waals surface area contributed by atoms with Crippen molar-refractivity contribution < 1.29 is 31.5 Å². The zero-order valence-electron chi connectivity index (χ0n) is 12.5. The van der Waals surface area contributed by atoms with Gasteiger partial charge >= 0.3 is 12.5 Å². The van der Waals surface area contributed by atoms with Crippen molar-refractivity contribution in [3.8, 4) is 5.75 Å². The van der Waals surface area contributed by atoms with Crippen molar-refractivity contribution in [2.45, 2.75) is 18.2 Å². The molecular weight excluding hydrogens is 373 g/mol. The maximum atomic E-state index is 13.3. The molecule has 0 aliphatic rings. The lowest BCUT2D eigenvalue weighted by Gasteiger charge is -2.19. The Morgan fingerprint density at radius 2 is 1.96 bits per heavy atom. The number of rotatable bonds is 6. The molecule has 0 spiro atoms. The Morgan fingerprint density at radius 1 is 1.32 bits per heavy atom. The highest BCUT2D eigenvalue weighted by atomic mass is 35.5. The molecule has 0 bridgehead atoms. The SMILES string of the molecule is Cn1cc(C(=O)Nc2ccccc2OC(F)(F)C(F)F)c(C(F)Cl)n1. The number of nitrogens with zero attached hydrogens (tertiary/aromatic N) is 2. The van der Waals surface area contributed by atoms with Crippen molar-refractivity contribution in [2.24, 2.45) is 7.05 Å². The molecule has 2 aromatic rings. The van der Waals surface area contributed by atoms with Crippen molar-refractivity contribution >= 4 is 23.2 Å². The second-order valence-corrected chi connectivity index (χ2v) is 5.20. The van der Waals surface area contributed by atoms with E-state index in [1.165, 1.54) is 19.2 Å². The summed E-state index contributed by atoms with van der Waals surface area (Å²) in [6, 6.07) is 4.72. The van der Waals surface area contributed by atoms with Gasteiger partial charge in [0.15, 0.2) is 0 Å². The van der Waals surface area contributed by atoms with Crippen LogP contribution >= 0.6 is 11.6 Å². The van der Waals surface area contributed by atoms with Crippen molar-refractivity contribution in [3.63, 3.8) is 0 Å². The zero-order chi connectivity index (χ0) is 18.8. The molecule has 0 radical (unpaired) electrons. The highest BCUT2D eigenvalue weighted by Crippen LogP contribution is 2.33. The van der Waals surface area contributed by atoms with E-state index in [1.807, 2.05) is 0 Å². The second-order valence-electron chi connectivity index (χ2n) is 4.82. The summed E-state index contributed by atoms with van der Waals surface area (Å²) in [6.45, 7) is 0. The van der Waals surface area contributed by atoms with Crippen LogP contribution in [-0.4, -0.2) is 28.2 Å². The first-order valence-corrected chi connectivity index (χ1v) is 7.12. The average Bonchev–Trinajstić information content (AvgIpc) is 2.91. The predicted molar refractivity (Wildman–Crippen MR) is 78.9 cm³/mol. The molecule has 11 heteroatoms. The van der Waals surface area contributed by atoms with E-state index in [2.05, 4.69) is 15.2 Å². The number of carbonyl (C=O) groups is 1. The van der Waals surface area contributed by atoms with Gasteiger partial charge in [-0.05, 0) is 12.1 Å². The highest BCUT2D eigenvalue weighted by Gasteiger charge is 2.44. The molecule has 0 aliphatic carbocycles. The molecule has 1 unspecified atom stereocenters. The van der Waals surface area contributed by atoms with Crippen molar-refractivity contribution in [2.75, 3.05) is 5.32 Å². The second kappa shape index (κ2) is 7.26. The fourth-order valence-electron chi connectivity index (χ4n) is 1.88. The van der Waals surface area contributed by atoms with Gasteiger partial charge in [0.2, 0.25) is 5.63 Å². The minimum absolute atomic E-state index is 0.250. The van der Waals surface area contributed by atoms with E-state index in [4.69, 9.17) is 11.6 Å². The van der Waals surface area contributed by atoms with Gasteiger partial charge in [0, 0.05) is 13.2 Å². The number of alkyl halides is 6. The fourth-order valence-corrected chi connectivity index (χ4v) is 2.04. The summed E-state index contributed by atoms with van der Waals surface area (Å²) < 4.78 is 69.1. The Morgan fingerprint density at radius 3 is 2.56 bits per heavy atom. The van der Waals surface area contributed by atoms with Gasteiger partial charge in [-0.2, -0.15) is 22.7 Å². The Hall–Kier alpha value is -2.36. The first-order chi connectivity index (χ1) is 11.6. The molecule has 5 nitrogen and oxygen atoms in total. The van der Waals surface area contributed by atoms with E-state index in [9.17, 15) is 26.7 Å². The highest BCUT2D eigenvalue weighted by molar-refractivity contribution is 6.20. The molecule has 1 atom stereocenters. The van der Waals surface area contributed by atoms with Gasteiger partial charge in [0.05, 0.1) is 11.3 Å². The van der Waals surface area contributed by atoms with Gasteiger partial charge in [-0.25, -0.2) is 4.39 Å². The number of benzene rings is 1. The summed E-state index contributed by atoms with van der Waals surface area (Å²) in [4.78, 5) is 12.2. The Labute approximate surface area is 143 Å². The van der Waals surface area contributed by atoms with Gasteiger partial charge in [-0.15, -0.1) is 0 Å². The molecule has 136 valence electrons. The number of aryl methyl sites for hydroxylation is 1. The number of anilines is 1. The third-order valence-corrected chi connectivity index (χ3v) is 3.15. The molecule has 0 aliphatic heterocycles. The van der Waals surface area contributed by atoms with Gasteiger partial charge < -0.3 is 10.1 Å².